The van der Waals surface area contributed by atoms with Crippen LogP contribution in [0, 0.1) is 5.95 Å². The smallest absolute Gasteiger partial charge is 0.251 e. The zero-order chi connectivity index (χ0) is 23.9. The van der Waals surface area contributed by atoms with E-state index in [1.54, 1.807) is 30.3 Å². The third-order valence-electron chi connectivity index (χ3n) is 6.57. The second-order valence-electron chi connectivity index (χ2n) is 8.66. The third kappa shape index (κ3) is 4.05. The largest absolute Gasteiger partial charge is 0.383 e. The molecule has 2 aliphatic heterocycles. The summed E-state index contributed by atoms with van der Waals surface area (Å²) in [5.74, 6) is -0.794. The van der Waals surface area contributed by atoms with Gasteiger partial charge in [-0.25, -0.2) is 13.4 Å². The van der Waals surface area contributed by atoms with Gasteiger partial charge in [0.15, 0.2) is 9.84 Å². The van der Waals surface area contributed by atoms with E-state index in [1.165, 1.54) is 12.1 Å². The number of sulfone groups is 1. The van der Waals surface area contributed by atoms with E-state index in [0.29, 0.717) is 55.6 Å². The first-order valence-corrected chi connectivity index (χ1v) is 12.8. The van der Waals surface area contributed by atoms with Crippen molar-refractivity contribution in [2.24, 2.45) is 0 Å². The summed E-state index contributed by atoms with van der Waals surface area (Å²) in [6, 6.07) is 13.3. The molecule has 9 heteroatoms. The van der Waals surface area contributed by atoms with Crippen LogP contribution in [-0.2, 0) is 16.3 Å². The van der Waals surface area contributed by atoms with Gasteiger partial charge in [0.2, 0.25) is 5.95 Å². The molecule has 3 aromatic rings. The summed E-state index contributed by atoms with van der Waals surface area (Å²) in [6.45, 7) is 1.92. The second-order valence-corrected chi connectivity index (χ2v) is 10.9. The zero-order valence-electron chi connectivity index (χ0n) is 18.5. The maximum atomic E-state index is 14.8. The molecule has 2 aromatic carbocycles. The molecule has 0 radical (unpaired) electrons. The number of carbonyl (C=O) groups is 1. The molecular weight excluding hydrogens is 455 g/mol. The van der Waals surface area contributed by atoms with Crippen LogP contribution in [0.3, 0.4) is 0 Å². The molecular formula is C25H25FN4O3S. The number of piperidine rings is 1. The van der Waals surface area contributed by atoms with Crippen LogP contribution in [0.5, 0.6) is 0 Å². The number of hydrogen-bond acceptors (Lipinski definition) is 6. The summed E-state index contributed by atoms with van der Waals surface area (Å²) < 4.78 is 40.7. The molecule has 0 spiro atoms. The van der Waals surface area contributed by atoms with Gasteiger partial charge >= 0.3 is 0 Å². The van der Waals surface area contributed by atoms with Crippen LogP contribution >= 0.6 is 0 Å². The van der Waals surface area contributed by atoms with Gasteiger partial charge in [-0.2, -0.15) is 4.39 Å². The highest BCUT2D eigenvalue weighted by molar-refractivity contribution is 7.92. The fourth-order valence-corrected chi connectivity index (χ4v) is 6.41. The molecule has 0 atom stereocenters. The number of nitrogens with zero attached hydrogens (tertiary/aromatic N) is 1. The first kappa shape index (κ1) is 22.5. The number of halogens is 1. The molecule has 1 saturated heterocycles. The topological polar surface area (TPSA) is 114 Å². The number of hydrogen-bond donors (Lipinski definition) is 3. The van der Waals surface area contributed by atoms with Gasteiger partial charge in [-0.15, -0.1) is 0 Å². The average Bonchev–Trinajstić information content (AvgIpc) is 2.85. The van der Waals surface area contributed by atoms with Crippen LogP contribution in [-0.4, -0.2) is 44.2 Å². The summed E-state index contributed by atoms with van der Waals surface area (Å²) >= 11 is 0. The summed E-state index contributed by atoms with van der Waals surface area (Å²) in [6.07, 6.45) is 1.85. The number of anilines is 1. The number of nitrogens with one attached hydrogen (secondary N) is 2. The van der Waals surface area contributed by atoms with E-state index in [1.807, 2.05) is 6.07 Å². The molecule has 1 fully saturated rings. The molecule has 0 saturated carbocycles. The first-order chi connectivity index (χ1) is 16.3. The van der Waals surface area contributed by atoms with Crippen molar-refractivity contribution >= 4 is 21.6 Å². The Hall–Kier alpha value is -3.30. The monoisotopic (exact) mass is 480 g/mol. The van der Waals surface area contributed by atoms with Crippen molar-refractivity contribution in [1.82, 2.24) is 15.6 Å². The van der Waals surface area contributed by atoms with E-state index in [4.69, 9.17) is 5.73 Å². The van der Waals surface area contributed by atoms with E-state index in [2.05, 4.69) is 15.6 Å². The van der Waals surface area contributed by atoms with Crippen LogP contribution in [0.1, 0.15) is 28.8 Å². The Labute approximate surface area is 197 Å². The molecule has 34 heavy (non-hydrogen) atoms. The van der Waals surface area contributed by atoms with Gasteiger partial charge in [-0.3, -0.25) is 4.79 Å². The Kier molecular flexibility index (Phi) is 5.83. The quantitative estimate of drug-likeness (QED) is 0.495. The predicted octanol–water partition coefficient (Wildman–Crippen LogP) is 2.95. The highest BCUT2D eigenvalue weighted by atomic mass is 32.2. The number of aromatic nitrogens is 1. The summed E-state index contributed by atoms with van der Waals surface area (Å²) in [7, 11) is -3.44. The lowest BCUT2D eigenvalue weighted by atomic mass is 9.94. The molecule has 0 aliphatic carbocycles. The Morgan fingerprint density at radius 2 is 1.62 bits per heavy atom. The fourth-order valence-electron chi connectivity index (χ4n) is 4.66. The lowest BCUT2D eigenvalue weighted by Crippen LogP contribution is -2.35. The minimum Gasteiger partial charge on any atom is -0.383 e. The van der Waals surface area contributed by atoms with Crippen LogP contribution in [0.25, 0.3) is 22.3 Å². The summed E-state index contributed by atoms with van der Waals surface area (Å²) in [5.41, 5.74) is 9.60. The van der Waals surface area contributed by atoms with Crippen molar-refractivity contribution in [2.45, 2.75) is 29.4 Å². The van der Waals surface area contributed by atoms with E-state index >= 15 is 0 Å². The molecule has 1 aromatic heterocycles. The third-order valence-corrected chi connectivity index (χ3v) is 8.84. The molecule has 3 heterocycles. The normalized spacial score (nSPS) is 16.7. The van der Waals surface area contributed by atoms with Gasteiger partial charge in [-0.1, -0.05) is 24.3 Å². The average molecular weight is 481 g/mol. The second kappa shape index (κ2) is 8.81. The Morgan fingerprint density at radius 1 is 0.912 bits per heavy atom. The lowest BCUT2D eigenvalue weighted by Gasteiger charge is -2.22. The number of carbonyl (C=O) groups excluding carboxylic acids is 1. The van der Waals surface area contributed by atoms with Gasteiger partial charge in [0.25, 0.3) is 5.91 Å². The van der Waals surface area contributed by atoms with E-state index in [0.717, 1.165) is 11.1 Å². The van der Waals surface area contributed by atoms with Gasteiger partial charge in [0, 0.05) is 23.2 Å². The molecule has 176 valence electrons. The van der Waals surface area contributed by atoms with Gasteiger partial charge in [0.05, 0.1) is 10.1 Å². The Morgan fingerprint density at radius 3 is 2.35 bits per heavy atom. The van der Waals surface area contributed by atoms with Crippen LogP contribution in [0.4, 0.5) is 10.2 Å². The van der Waals surface area contributed by atoms with Crippen molar-refractivity contribution < 1.29 is 17.6 Å². The number of fused-ring (bicyclic) bond motifs is 1. The minimum absolute atomic E-state index is 0.0477. The van der Waals surface area contributed by atoms with Crippen LogP contribution < -0.4 is 16.4 Å². The number of benzene rings is 2. The molecule has 2 aliphatic rings. The van der Waals surface area contributed by atoms with Crippen molar-refractivity contribution in [3.8, 4) is 22.3 Å². The van der Waals surface area contributed by atoms with Crippen LogP contribution in [0.2, 0.25) is 0 Å². The van der Waals surface area contributed by atoms with Crippen molar-refractivity contribution in [3.05, 3.63) is 65.6 Å². The minimum atomic E-state index is -3.44. The Balaban J connectivity index is 1.49. The van der Waals surface area contributed by atoms with Gasteiger partial charge in [0.1, 0.15) is 5.82 Å². The van der Waals surface area contributed by atoms with Crippen LogP contribution in [0.15, 0.2) is 53.4 Å². The number of pyridine rings is 1. The fraction of sp³-hybridized carbons (Fsp3) is 0.280. The SMILES string of the molecule is Nc1nc(F)c(-c2ccc(S(=O)(=O)C3CCNCC3)cc2)cc1-c1ccc2c(c1)CCNC2=O. The molecule has 1 amide bonds. The summed E-state index contributed by atoms with van der Waals surface area (Å²) in [4.78, 5) is 16.2. The van der Waals surface area contributed by atoms with Crippen molar-refractivity contribution in [3.63, 3.8) is 0 Å². The molecule has 5 rings (SSSR count). The van der Waals surface area contributed by atoms with E-state index < -0.39 is 21.0 Å². The molecule has 7 nitrogen and oxygen atoms in total. The maximum absolute atomic E-state index is 14.8. The molecule has 0 unspecified atom stereocenters. The standard InChI is InChI=1S/C25H25FN4O3S/c26-23-21(15-1-4-18(5-2-15)34(32,33)19-8-10-28-11-9-19)14-22(24(27)30-23)16-3-6-20-17(13-16)7-12-29-25(20)31/h1-6,13-14,19,28H,7-12H2,(H2,27,30)(H,29,31). The van der Waals surface area contributed by atoms with Gasteiger partial charge < -0.3 is 16.4 Å². The first-order valence-electron chi connectivity index (χ1n) is 11.3. The maximum Gasteiger partial charge on any atom is 0.251 e. The zero-order valence-corrected chi connectivity index (χ0v) is 19.3. The highest BCUT2D eigenvalue weighted by Gasteiger charge is 2.29. The lowest BCUT2D eigenvalue weighted by molar-refractivity contribution is 0.0946. The van der Waals surface area contributed by atoms with Crippen molar-refractivity contribution in [1.29, 1.82) is 0 Å². The number of rotatable bonds is 4. The van der Waals surface area contributed by atoms with E-state index in [9.17, 15) is 17.6 Å². The number of nitrogen functional groups attached to an aromatic ring is 1. The van der Waals surface area contributed by atoms with E-state index in [-0.39, 0.29) is 22.2 Å². The molecule has 0 bridgehead atoms. The predicted molar refractivity (Wildman–Crippen MR) is 129 cm³/mol. The Bertz CT molecular complexity index is 1370. The number of amides is 1. The number of nitrogens with two attached hydrogens (primary N) is 1. The highest BCUT2D eigenvalue weighted by Crippen LogP contribution is 2.34. The van der Waals surface area contributed by atoms with Crippen molar-refractivity contribution in [2.75, 3.05) is 25.4 Å². The summed E-state index contributed by atoms with van der Waals surface area (Å²) in [5, 5.41) is 5.58. The van der Waals surface area contributed by atoms with Gasteiger partial charge in [-0.05, 0) is 73.3 Å². The molecule has 4 N–H and O–H groups in total.